The average molecular weight is 510 g/mol. The van der Waals surface area contributed by atoms with Crippen LogP contribution in [0.15, 0.2) is 0 Å². The van der Waals surface area contributed by atoms with Crippen molar-refractivity contribution in [3.8, 4) is 0 Å². The summed E-state index contributed by atoms with van der Waals surface area (Å²) in [6.45, 7) is 3.37. The maximum atomic E-state index is 11.6. The van der Waals surface area contributed by atoms with Crippen LogP contribution >= 0.6 is 11.6 Å². The van der Waals surface area contributed by atoms with Gasteiger partial charge in [0, 0.05) is 25.3 Å². The van der Waals surface area contributed by atoms with Gasteiger partial charge in [-0.05, 0) is 12.8 Å². The third-order valence-corrected chi connectivity index (χ3v) is 4.77. The number of ether oxygens (including phenoxy) is 5. The summed E-state index contributed by atoms with van der Waals surface area (Å²) in [7, 11) is 0. The summed E-state index contributed by atoms with van der Waals surface area (Å²) in [5, 5.41) is 0.453. The molecule has 0 aromatic rings. The normalized spacial score (nSPS) is 13.5. The molecule has 0 unspecified atom stereocenters. The minimum Gasteiger partial charge on any atom is -0.465 e. The largest absolute Gasteiger partial charge is 0.465 e. The number of carbonyl (C=O) groups is 4. The Labute approximate surface area is 205 Å². The Kier molecular flexibility index (Phi) is 18.3. The zero-order valence-electron chi connectivity index (χ0n) is 19.6. The minimum absolute atomic E-state index is 0.0198. The summed E-state index contributed by atoms with van der Waals surface area (Å²) in [6, 6.07) is 0. The highest BCUT2D eigenvalue weighted by Gasteiger charge is 2.32. The zero-order valence-corrected chi connectivity index (χ0v) is 20.4. The van der Waals surface area contributed by atoms with Crippen LogP contribution in [-0.4, -0.2) is 94.2 Å². The van der Waals surface area contributed by atoms with Crippen molar-refractivity contribution in [3.05, 3.63) is 0 Å². The molecule has 1 saturated heterocycles. The number of hydroxylamine groups is 2. The summed E-state index contributed by atoms with van der Waals surface area (Å²) in [5.74, 6) is -1.76. The molecule has 1 rings (SSSR count). The smallest absolute Gasteiger partial charge is 0.336 e. The molecule has 196 valence electrons. The molecule has 0 spiro atoms. The number of esters is 1. The summed E-state index contributed by atoms with van der Waals surface area (Å²) in [6.07, 6.45) is 4.16. The molecule has 0 aromatic carbocycles. The maximum absolute atomic E-state index is 11.6. The quantitative estimate of drug-likeness (QED) is 0.0921. The van der Waals surface area contributed by atoms with Crippen molar-refractivity contribution < 1.29 is 47.7 Å². The molecule has 0 saturated carbocycles. The first-order valence-corrected chi connectivity index (χ1v) is 12.2. The number of halogens is 1. The molecule has 1 fully saturated rings. The molecule has 0 radical (unpaired) electrons. The monoisotopic (exact) mass is 509 g/mol. The Balaban J connectivity index is 1.80. The van der Waals surface area contributed by atoms with E-state index in [0.717, 1.165) is 38.2 Å². The molecular formula is C22H36ClNO10. The second-order valence-corrected chi connectivity index (χ2v) is 7.70. The average Bonchev–Trinajstić information content (AvgIpc) is 3.13. The Hall–Kier alpha value is -1.79. The minimum atomic E-state index is -0.824. The van der Waals surface area contributed by atoms with Gasteiger partial charge >= 0.3 is 11.9 Å². The third-order valence-electron chi connectivity index (χ3n) is 4.51. The molecule has 0 bridgehead atoms. The lowest BCUT2D eigenvalue weighted by Crippen LogP contribution is -2.32. The second-order valence-electron chi connectivity index (χ2n) is 7.32. The molecule has 12 heteroatoms. The predicted molar refractivity (Wildman–Crippen MR) is 120 cm³/mol. The summed E-state index contributed by atoms with van der Waals surface area (Å²) >= 11 is 5.62. The molecule has 0 aliphatic carbocycles. The van der Waals surface area contributed by atoms with E-state index in [1.165, 1.54) is 0 Å². The first-order chi connectivity index (χ1) is 16.5. The molecule has 0 N–H and O–H groups in total. The fourth-order valence-electron chi connectivity index (χ4n) is 2.70. The lowest BCUT2D eigenvalue weighted by molar-refractivity contribution is -0.198. The first kappa shape index (κ1) is 30.2. The Morgan fingerprint density at radius 1 is 0.647 bits per heavy atom. The van der Waals surface area contributed by atoms with Gasteiger partial charge in [0.25, 0.3) is 11.8 Å². The number of unbranched alkanes of at least 4 members (excludes halogenated alkanes) is 3. The van der Waals surface area contributed by atoms with E-state index >= 15 is 0 Å². The van der Waals surface area contributed by atoms with Crippen molar-refractivity contribution in [2.75, 3.05) is 65.3 Å². The lowest BCUT2D eigenvalue weighted by atomic mass is 10.2. The molecule has 1 aliphatic rings. The molecule has 1 heterocycles. The van der Waals surface area contributed by atoms with Crippen LogP contribution in [0.1, 0.15) is 51.4 Å². The van der Waals surface area contributed by atoms with E-state index in [-0.39, 0.29) is 38.9 Å². The van der Waals surface area contributed by atoms with Crippen LogP contribution < -0.4 is 0 Å². The third kappa shape index (κ3) is 15.9. The number of rotatable bonds is 22. The van der Waals surface area contributed by atoms with Crippen molar-refractivity contribution in [3.63, 3.8) is 0 Å². The number of hydrogen-bond acceptors (Lipinski definition) is 10. The standard InChI is InChI=1S/C22H36ClNO10/c23-9-3-1-2-4-10-29-13-15-31-17-18-32-16-14-30-11-7-21(27)33-12-8-22(28)34-24-19(25)5-6-20(24)26/h1-18H2. The van der Waals surface area contributed by atoms with E-state index < -0.39 is 23.8 Å². The Bertz CT molecular complexity index is 588. The van der Waals surface area contributed by atoms with E-state index in [4.69, 9.17) is 35.3 Å². The fourth-order valence-corrected chi connectivity index (χ4v) is 2.88. The van der Waals surface area contributed by atoms with Gasteiger partial charge in [-0.15, -0.1) is 16.7 Å². The zero-order chi connectivity index (χ0) is 24.9. The van der Waals surface area contributed by atoms with Gasteiger partial charge in [-0.2, -0.15) is 0 Å². The van der Waals surface area contributed by atoms with E-state index in [1.54, 1.807) is 0 Å². The van der Waals surface area contributed by atoms with E-state index in [1.807, 2.05) is 0 Å². The maximum Gasteiger partial charge on any atom is 0.336 e. The van der Waals surface area contributed by atoms with Crippen molar-refractivity contribution in [1.29, 1.82) is 0 Å². The van der Waals surface area contributed by atoms with Gasteiger partial charge in [0.15, 0.2) is 0 Å². The summed E-state index contributed by atoms with van der Waals surface area (Å²) in [4.78, 5) is 50.5. The van der Waals surface area contributed by atoms with Crippen LogP contribution in [0.5, 0.6) is 0 Å². The summed E-state index contributed by atoms with van der Waals surface area (Å²) < 4.78 is 26.4. The van der Waals surface area contributed by atoms with Crippen molar-refractivity contribution in [2.45, 2.75) is 51.4 Å². The van der Waals surface area contributed by atoms with Crippen LogP contribution in [0.25, 0.3) is 0 Å². The van der Waals surface area contributed by atoms with Crippen molar-refractivity contribution in [2.24, 2.45) is 0 Å². The fraction of sp³-hybridized carbons (Fsp3) is 0.818. The molecule has 0 aromatic heterocycles. The molecule has 11 nitrogen and oxygen atoms in total. The molecular weight excluding hydrogens is 474 g/mol. The number of hydrogen-bond donors (Lipinski definition) is 0. The van der Waals surface area contributed by atoms with Gasteiger partial charge in [-0.1, -0.05) is 12.8 Å². The van der Waals surface area contributed by atoms with Crippen LogP contribution in [0.4, 0.5) is 0 Å². The number of imide groups is 1. The van der Waals surface area contributed by atoms with Gasteiger partial charge < -0.3 is 28.5 Å². The van der Waals surface area contributed by atoms with Crippen molar-refractivity contribution >= 4 is 35.4 Å². The first-order valence-electron chi connectivity index (χ1n) is 11.6. The predicted octanol–water partition coefficient (Wildman–Crippen LogP) is 1.78. The SMILES string of the molecule is O=C(CCOCCOCCOCCOCCCCCCCl)OCCC(=O)ON1C(=O)CCC1=O. The van der Waals surface area contributed by atoms with Gasteiger partial charge in [0.2, 0.25) is 0 Å². The van der Waals surface area contributed by atoms with Gasteiger partial charge in [0.1, 0.15) is 6.61 Å². The van der Waals surface area contributed by atoms with Gasteiger partial charge in [0.05, 0.1) is 59.1 Å². The summed E-state index contributed by atoms with van der Waals surface area (Å²) in [5.41, 5.74) is 0. The van der Waals surface area contributed by atoms with Crippen LogP contribution in [0.3, 0.4) is 0 Å². The number of alkyl halides is 1. The molecule has 0 atom stereocenters. The molecule has 34 heavy (non-hydrogen) atoms. The second kappa shape index (κ2) is 20.6. The Morgan fingerprint density at radius 2 is 1.15 bits per heavy atom. The Morgan fingerprint density at radius 3 is 1.74 bits per heavy atom. The topological polar surface area (TPSA) is 127 Å². The van der Waals surface area contributed by atoms with Gasteiger partial charge in [-0.3, -0.25) is 14.4 Å². The lowest BCUT2D eigenvalue weighted by Gasteiger charge is -2.12. The highest BCUT2D eigenvalue weighted by atomic mass is 35.5. The molecule has 2 amide bonds. The van der Waals surface area contributed by atoms with E-state index in [2.05, 4.69) is 4.84 Å². The highest BCUT2D eigenvalue weighted by Crippen LogP contribution is 2.12. The van der Waals surface area contributed by atoms with Crippen LogP contribution in [0.2, 0.25) is 0 Å². The number of nitrogens with zero attached hydrogens (tertiary/aromatic N) is 1. The van der Waals surface area contributed by atoms with Gasteiger partial charge in [-0.25, -0.2) is 4.79 Å². The van der Waals surface area contributed by atoms with Crippen molar-refractivity contribution in [1.82, 2.24) is 5.06 Å². The van der Waals surface area contributed by atoms with Crippen LogP contribution in [-0.2, 0) is 47.7 Å². The molecule has 1 aliphatic heterocycles. The number of amides is 2. The van der Waals surface area contributed by atoms with E-state index in [0.29, 0.717) is 44.7 Å². The van der Waals surface area contributed by atoms with Crippen LogP contribution in [0, 0.1) is 0 Å². The highest BCUT2D eigenvalue weighted by molar-refractivity contribution is 6.17. The number of carbonyl (C=O) groups excluding carboxylic acids is 4. The van der Waals surface area contributed by atoms with E-state index in [9.17, 15) is 19.2 Å².